The predicted molar refractivity (Wildman–Crippen MR) is 50.2 cm³/mol. The Labute approximate surface area is 74.8 Å². The second-order valence-electron chi connectivity index (χ2n) is 2.09. The molecule has 0 aliphatic heterocycles. The minimum Gasteiger partial charge on any atom is -0.504 e. The fourth-order valence-corrected chi connectivity index (χ4v) is 1.17. The number of ether oxygens (including phenoxy) is 1. The first-order valence-corrected chi connectivity index (χ1v) is 4.07. The lowest BCUT2D eigenvalue weighted by Crippen LogP contribution is -1.71. The van der Waals surface area contributed by atoms with Gasteiger partial charge in [0.1, 0.15) is 0 Å². The minimum absolute atomic E-state index is 1.08. The zero-order chi connectivity index (χ0) is 8.10. The molecule has 1 aromatic carbocycles. The van der Waals surface area contributed by atoms with E-state index in [-0.39, 0.29) is 0 Å². The van der Waals surface area contributed by atoms with Gasteiger partial charge in [-0.15, -0.1) is 0 Å². The molecule has 0 saturated heterocycles. The maximum Gasteiger partial charge on any atom is 0.0830 e. The molecular formula is C9H9BrO. The van der Waals surface area contributed by atoms with Crippen LogP contribution in [0.2, 0.25) is 0 Å². The molecule has 0 saturated carbocycles. The van der Waals surface area contributed by atoms with Gasteiger partial charge in [0.25, 0.3) is 0 Å². The summed E-state index contributed by atoms with van der Waals surface area (Å²) >= 11 is 3.38. The molecule has 0 amide bonds. The van der Waals surface area contributed by atoms with E-state index in [1.165, 1.54) is 0 Å². The molecule has 0 bridgehead atoms. The molecule has 1 aromatic rings. The lowest BCUT2D eigenvalue weighted by molar-refractivity contribution is 0.341. The molecule has 0 heterocycles. The number of halogens is 1. The van der Waals surface area contributed by atoms with Crippen molar-refractivity contribution in [3.05, 3.63) is 40.6 Å². The van der Waals surface area contributed by atoms with E-state index in [9.17, 15) is 0 Å². The number of benzene rings is 1. The van der Waals surface area contributed by atoms with Crippen molar-refractivity contribution in [2.24, 2.45) is 0 Å². The Bertz CT molecular complexity index is 255. The highest BCUT2D eigenvalue weighted by Gasteiger charge is 1.86. The van der Waals surface area contributed by atoms with E-state index < -0.39 is 0 Å². The number of rotatable bonds is 2. The third kappa shape index (κ3) is 2.76. The molecule has 1 rings (SSSR count). The first kappa shape index (κ1) is 8.34. The molecule has 1 nitrogen and oxygen atoms in total. The van der Waals surface area contributed by atoms with E-state index in [0.717, 1.165) is 10.0 Å². The van der Waals surface area contributed by atoms with Gasteiger partial charge in [-0.1, -0.05) is 28.1 Å². The summed E-state index contributed by atoms with van der Waals surface area (Å²) in [6, 6.07) is 8.01. The first-order chi connectivity index (χ1) is 5.33. The summed E-state index contributed by atoms with van der Waals surface area (Å²) in [6.07, 6.45) is 3.56. The number of hydrogen-bond acceptors (Lipinski definition) is 1. The molecule has 0 spiro atoms. The average Bonchev–Trinajstić information content (AvgIpc) is 2.01. The van der Waals surface area contributed by atoms with Gasteiger partial charge in [0.05, 0.1) is 13.4 Å². The van der Waals surface area contributed by atoms with Crippen LogP contribution in [0.3, 0.4) is 0 Å². The van der Waals surface area contributed by atoms with Crippen molar-refractivity contribution >= 4 is 22.0 Å². The zero-order valence-electron chi connectivity index (χ0n) is 6.25. The van der Waals surface area contributed by atoms with Crippen LogP contribution in [0.15, 0.2) is 35.0 Å². The monoisotopic (exact) mass is 212 g/mol. The van der Waals surface area contributed by atoms with Crippen molar-refractivity contribution in [2.45, 2.75) is 0 Å². The van der Waals surface area contributed by atoms with E-state index >= 15 is 0 Å². The Morgan fingerprint density at radius 2 is 2.27 bits per heavy atom. The molecule has 0 fully saturated rings. The lowest BCUT2D eigenvalue weighted by atomic mass is 10.2. The van der Waals surface area contributed by atoms with Crippen LogP contribution in [0.5, 0.6) is 0 Å². The Kier molecular flexibility index (Phi) is 3.17. The Balaban J connectivity index is 2.79. The molecule has 0 radical (unpaired) electrons. The fraction of sp³-hybridized carbons (Fsp3) is 0.111. The summed E-state index contributed by atoms with van der Waals surface area (Å²) in [5.74, 6) is 0. The summed E-state index contributed by atoms with van der Waals surface area (Å²) in [7, 11) is 1.63. The van der Waals surface area contributed by atoms with E-state index in [0.29, 0.717) is 0 Å². The molecule has 11 heavy (non-hydrogen) atoms. The third-order valence-electron chi connectivity index (χ3n) is 1.25. The van der Waals surface area contributed by atoms with Gasteiger partial charge in [-0.05, 0) is 23.8 Å². The van der Waals surface area contributed by atoms with Crippen molar-refractivity contribution < 1.29 is 4.74 Å². The van der Waals surface area contributed by atoms with E-state index in [4.69, 9.17) is 4.74 Å². The summed E-state index contributed by atoms with van der Waals surface area (Å²) in [5, 5.41) is 0. The minimum atomic E-state index is 1.08. The van der Waals surface area contributed by atoms with Gasteiger partial charge in [-0.25, -0.2) is 0 Å². The SMILES string of the molecule is CO/C=C/c1cccc(Br)c1. The molecular weight excluding hydrogens is 204 g/mol. The molecule has 0 N–H and O–H groups in total. The van der Waals surface area contributed by atoms with Crippen LogP contribution in [0.25, 0.3) is 6.08 Å². The van der Waals surface area contributed by atoms with E-state index in [2.05, 4.69) is 15.9 Å². The Morgan fingerprint density at radius 1 is 1.45 bits per heavy atom. The molecule has 0 aliphatic rings. The highest BCUT2D eigenvalue weighted by Crippen LogP contribution is 2.12. The van der Waals surface area contributed by atoms with Crippen LogP contribution in [0.4, 0.5) is 0 Å². The van der Waals surface area contributed by atoms with Crippen LogP contribution in [0, 0.1) is 0 Å². The molecule has 2 heteroatoms. The van der Waals surface area contributed by atoms with Gasteiger partial charge in [-0.2, -0.15) is 0 Å². The van der Waals surface area contributed by atoms with Gasteiger partial charge in [0.2, 0.25) is 0 Å². The standard InChI is InChI=1S/C9H9BrO/c1-11-6-5-8-3-2-4-9(10)7-8/h2-7H,1H3/b6-5+. The summed E-state index contributed by atoms with van der Waals surface area (Å²) in [6.45, 7) is 0. The maximum atomic E-state index is 4.79. The van der Waals surface area contributed by atoms with E-state index in [1.807, 2.05) is 30.3 Å². The molecule has 0 aromatic heterocycles. The van der Waals surface area contributed by atoms with Crippen molar-refractivity contribution in [2.75, 3.05) is 7.11 Å². The topological polar surface area (TPSA) is 9.23 Å². The Morgan fingerprint density at radius 3 is 2.91 bits per heavy atom. The second kappa shape index (κ2) is 4.19. The van der Waals surface area contributed by atoms with Gasteiger partial charge in [0, 0.05) is 4.47 Å². The fourth-order valence-electron chi connectivity index (χ4n) is 0.757. The van der Waals surface area contributed by atoms with Crippen LogP contribution in [-0.2, 0) is 4.74 Å². The van der Waals surface area contributed by atoms with Gasteiger partial charge < -0.3 is 4.74 Å². The Hall–Kier alpha value is -0.760. The quantitative estimate of drug-likeness (QED) is 0.686. The normalized spacial score (nSPS) is 10.4. The zero-order valence-corrected chi connectivity index (χ0v) is 7.84. The molecule has 0 aliphatic carbocycles. The lowest BCUT2D eigenvalue weighted by Gasteiger charge is -1.93. The summed E-state index contributed by atoms with van der Waals surface area (Å²) in [4.78, 5) is 0. The first-order valence-electron chi connectivity index (χ1n) is 3.28. The van der Waals surface area contributed by atoms with Gasteiger partial charge in [0.15, 0.2) is 0 Å². The molecule has 58 valence electrons. The van der Waals surface area contributed by atoms with Crippen LogP contribution < -0.4 is 0 Å². The molecule has 0 atom stereocenters. The van der Waals surface area contributed by atoms with Gasteiger partial charge >= 0.3 is 0 Å². The highest BCUT2D eigenvalue weighted by atomic mass is 79.9. The summed E-state index contributed by atoms with van der Waals surface area (Å²) in [5.41, 5.74) is 1.13. The smallest absolute Gasteiger partial charge is 0.0830 e. The van der Waals surface area contributed by atoms with Crippen molar-refractivity contribution in [3.8, 4) is 0 Å². The average molecular weight is 213 g/mol. The van der Waals surface area contributed by atoms with Crippen LogP contribution in [-0.4, -0.2) is 7.11 Å². The van der Waals surface area contributed by atoms with Crippen molar-refractivity contribution in [1.82, 2.24) is 0 Å². The predicted octanol–water partition coefficient (Wildman–Crippen LogP) is 3.07. The third-order valence-corrected chi connectivity index (χ3v) is 1.74. The van der Waals surface area contributed by atoms with E-state index in [1.54, 1.807) is 13.4 Å². The van der Waals surface area contributed by atoms with Crippen LogP contribution >= 0.6 is 15.9 Å². The summed E-state index contributed by atoms with van der Waals surface area (Å²) < 4.78 is 5.87. The largest absolute Gasteiger partial charge is 0.504 e. The van der Waals surface area contributed by atoms with Crippen LogP contribution in [0.1, 0.15) is 5.56 Å². The van der Waals surface area contributed by atoms with Crippen molar-refractivity contribution in [3.63, 3.8) is 0 Å². The molecule has 0 unspecified atom stereocenters. The van der Waals surface area contributed by atoms with Gasteiger partial charge in [-0.3, -0.25) is 0 Å². The maximum absolute atomic E-state index is 4.79. The second-order valence-corrected chi connectivity index (χ2v) is 3.01. The van der Waals surface area contributed by atoms with Crippen molar-refractivity contribution in [1.29, 1.82) is 0 Å². The highest BCUT2D eigenvalue weighted by molar-refractivity contribution is 9.10. The number of methoxy groups -OCH3 is 1. The number of hydrogen-bond donors (Lipinski definition) is 0.